The fraction of sp³-hybridized carbons (Fsp3) is 0.381. The van der Waals surface area contributed by atoms with Gasteiger partial charge in [0.05, 0.1) is 18.5 Å². The molecule has 1 aromatic carbocycles. The summed E-state index contributed by atoms with van der Waals surface area (Å²) in [5.74, 6) is 2.31. The smallest absolute Gasteiger partial charge is 0.151 e. The second-order valence-electron chi connectivity index (χ2n) is 7.90. The summed E-state index contributed by atoms with van der Waals surface area (Å²) >= 11 is 0. The molecule has 0 radical (unpaired) electrons. The number of aromatic nitrogens is 4. The van der Waals surface area contributed by atoms with Crippen molar-refractivity contribution in [3.8, 4) is 28.1 Å². The number of hydrogen-bond acceptors (Lipinski definition) is 7. The van der Waals surface area contributed by atoms with Crippen molar-refractivity contribution in [2.24, 2.45) is 11.8 Å². The Bertz CT molecular complexity index is 961. The van der Waals surface area contributed by atoms with E-state index in [-0.39, 0.29) is 12.4 Å². The van der Waals surface area contributed by atoms with Gasteiger partial charge in [0.15, 0.2) is 5.82 Å². The fourth-order valence-corrected chi connectivity index (χ4v) is 4.58. The number of nitrogens with one attached hydrogen (secondary N) is 1. The molecule has 2 aliphatic rings. The predicted octanol–water partition coefficient (Wildman–Crippen LogP) is 1.60. The maximum Gasteiger partial charge on any atom is 0.151 e. The third-order valence-electron chi connectivity index (χ3n) is 6.06. The highest BCUT2D eigenvalue weighted by molar-refractivity contribution is 5.73. The Morgan fingerprint density at radius 1 is 1.00 bits per heavy atom. The van der Waals surface area contributed by atoms with Crippen LogP contribution in [0, 0.1) is 11.8 Å². The number of H-pyrrole nitrogens is 1. The zero-order chi connectivity index (χ0) is 19.8. The van der Waals surface area contributed by atoms with Crippen molar-refractivity contribution < 1.29 is 10.2 Å². The number of aliphatic hydroxyl groups is 1. The Labute approximate surface area is 168 Å². The summed E-state index contributed by atoms with van der Waals surface area (Å²) in [5.41, 5.74) is 3.13. The first-order valence-electron chi connectivity index (χ1n) is 9.95. The van der Waals surface area contributed by atoms with Gasteiger partial charge in [0, 0.05) is 50.0 Å². The highest BCUT2D eigenvalue weighted by Gasteiger charge is 2.40. The fourth-order valence-electron chi connectivity index (χ4n) is 4.58. The van der Waals surface area contributed by atoms with Crippen LogP contribution in [0.4, 0.5) is 5.82 Å². The van der Waals surface area contributed by atoms with Crippen molar-refractivity contribution >= 4 is 5.82 Å². The van der Waals surface area contributed by atoms with Gasteiger partial charge in [0.2, 0.25) is 0 Å². The zero-order valence-corrected chi connectivity index (χ0v) is 16.1. The van der Waals surface area contributed by atoms with Crippen LogP contribution in [0.1, 0.15) is 0 Å². The first-order valence-corrected chi connectivity index (χ1v) is 9.95. The van der Waals surface area contributed by atoms with Gasteiger partial charge in [0.25, 0.3) is 0 Å². The molecule has 0 bridgehead atoms. The second kappa shape index (κ2) is 7.46. The standard InChI is InChI=1S/C21H24N6O2/c28-6-5-26-10-16-12-27(13-17(16)11-26)21-4-3-19(24-25-21)18-2-1-14(7-20(18)29)15-8-22-23-9-15/h1-4,7-9,16-17,28-29H,5-6,10-13H2,(H,22,23)/t16-,17+. The van der Waals surface area contributed by atoms with Crippen LogP contribution in [-0.2, 0) is 0 Å². The number of aliphatic hydroxyl groups excluding tert-OH is 1. The molecule has 2 aromatic heterocycles. The molecule has 8 nitrogen and oxygen atoms in total. The first-order chi connectivity index (χ1) is 14.2. The summed E-state index contributed by atoms with van der Waals surface area (Å²) in [5, 5.41) is 35.1. The number of aromatic amines is 1. The van der Waals surface area contributed by atoms with Gasteiger partial charge in [-0.2, -0.15) is 5.10 Å². The minimum atomic E-state index is 0.172. The SMILES string of the molecule is OCCN1C[C@@H]2CN(c3ccc(-c4ccc(-c5cn[nH]c5)cc4O)nn3)C[C@@H]2C1. The van der Waals surface area contributed by atoms with Crippen LogP contribution < -0.4 is 4.90 Å². The molecule has 2 aliphatic heterocycles. The Morgan fingerprint density at radius 3 is 2.45 bits per heavy atom. The van der Waals surface area contributed by atoms with Gasteiger partial charge in [-0.1, -0.05) is 6.07 Å². The van der Waals surface area contributed by atoms with Gasteiger partial charge in [-0.15, -0.1) is 10.2 Å². The number of hydrogen-bond donors (Lipinski definition) is 3. The van der Waals surface area contributed by atoms with Crippen molar-refractivity contribution in [3.63, 3.8) is 0 Å². The summed E-state index contributed by atoms with van der Waals surface area (Å²) in [7, 11) is 0. The molecular formula is C21H24N6O2. The highest BCUT2D eigenvalue weighted by atomic mass is 16.3. The molecule has 150 valence electrons. The zero-order valence-electron chi connectivity index (χ0n) is 16.1. The van der Waals surface area contributed by atoms with E-state index in [9.17, 15) is 5.11 Å². The third-order valence-corrected chi connectivity index (χ3v) is 6.06. The van der Waals surface area contributed by atoms with E-state index in [1.165, 1.54) is 0 Å². The lowest BCUT2D eigenvalue weighted by molar-refractivity contribution is 0.214. The van der Waals surface area contributed by atoms with Gasteiger partial charge in [-0.3, -0.25) is 5.10 Å². The molecular weight excluding hydrogens is 368 g/mol. The molecule has 29 heavy (non-hydrogen) atoms. The molecule has 2 atom stereocenters. The van der Waals surface area contributed by atoms with Crippen molar-refractivity contribution in [3.05, 3.63) is 42.7 Å². The topological polar surface area (TPSA) is 101 Å². The van der Waals surface area contributed by atoms with E-state index < -0.39 is 0 Å². The van der Waals surface area contributed by atoms with E-state index in [0.717, 1.165) is 49.7 Å². The Morgan fingerprint density at radius 2 is 1.83 bits per heavy atom. The molecule has 3 aromatic rings. The average Bonchev–Trinajstić information content (AvgIpc) is 3.45. The van der Waals surface area contributed by atoms with Crippen molar-refractivity contribution in [2.75, 3.05) is 44.2 Å². The van der Waals surface area contributed by atoms with Crippen LogP contribution in [0.3, 0.4) is 0 Å². The quantitative estimate of drug-likeness (QED) is 0.606. The highest BCUT2D eigenvalue weighted by Crippen LogP contribution is 2.35. The average molecular weight is 392 g/mol. The number of rotatable bonds is 5. The Kier molecular flexibility index (Phi) is 4.65. The van der Waals surface area contributed by atoms with Crippen LogP contribution >= 0.6 is 0 Å². The summed E-state index contributed by atoms with van der Waals surface area (Å²) in [6.07, 6.45) is 3.51. The van der Waals surface area contributed by atoms with Gasteiger partial charge in [0.1, 0.15) is 5.75 Å². The lowest BCUT2D eigenvalue weighted by Crippen LogP contribution is -2.31. The lowest BCUT2D eigenvalue weighted by Gasteiger charge is -2.21. The number of phenols is 1. The molecule has 0 spiro atoms. The van der Waals surface area contributed by atoms with Crippen molar-refractivity contribution in [1.82, 2.24) is 25.3 Å². The van der Waals surface area contributed by atoms with Crippen LogP contribution in [0.2, 0.25) is 0 Å². The lowest BCUT2D eigenvalue weighted by atomic mass is 10.0. The largest absolute Gasteiger partial charge is 0.507 e. The van der Waals surface area contributed by atoms with Crippen LogP contribution in [0.5, 0.6) is 5.75 Å². The molecule has 0 unspecified atom stereocenters. The van der Waals surface area contributed by atoms with Gasteiger partial charge in [-0.25, -0.2) is 0 Å². The van der Waals surface area contributed by atoms with E-state index in [2.05, 4.69) is 30.2 Å². The van der Waals surface area contributed by atoms with Crippen LogP contribution in [0.25, 0.3) is 22.4 Å². The van der Waals surface area contributed by atoms with Crippen LogP contribution in [0.15, 0.2) is 42.7 Å². The van der Waals surface area contributed by atoms with E-state index in [1.807, 2.05) is 24.3 Å². The number of nitrogens with zero attached hydrogens (tertiary/aromatic N) is 5. The minimum absolute atomic E-state index is 0.172. The summed E-state index contributed by atoms with van der Waals surface area (Å²) in [4.78, 5) is 4.64. The van der Waals surface area contributed by atoms with Gasteiger partial charge in [-0.05, 0) is 41.7 Å². The number of benzene rings is 1. The number of β-amino-alcohol motifs (C(OH)–C–C–N with tert-alkyl or cyclic N) is 1. The molecule has 0 aliphatic carbocycles. The molecule has 2 fully saturated rings. The number of fused-ring (bicyclic) bond motifs is 1. The van der Waals surface area contributed by atoms with Crippen molar-refractivity contribution in [2.45, 2.75) is 0 Å². The maximum absolute atomic E-state index is 10.5. The first kappa shape index (κ1) is 18.1. The van der Waals surface area contributed by atoms with E-state index in [0.29, 0.717) is 23.1 Å². The normalized spacial score (nSPS) is 21.6. The molecule has 0 amide bonds. The number of anilines is 1. The van der Waals surface area contributed by atoms with Crippen molar-refractivity contribution in [1.29, 1.82) is 0 Å². The number of likely N-dealkylation sites (tertiary alicyclic amines) is 1. The third kappa shape index (κ3) is 3.45. The summed E-state index contributed by atoms with van der Waals surface area (Å²) in [6, 6.07) is 9.42. The molecule has 2 saturated heterocycles. The maximum atomic E-state index is 10.5. The molecule has 0 saturated carbocycles. The monoisotopic (exact) mass is 392 g/mol. The van der Waals surface area contributed by atoms with Gasteiger partial charge >= 0.3 is 0 Å². The summed E-state index contributed by atoms with van der Waals surface area (Å²) < 4.78 is 0. The van der Waals surface area contributed by atoms with Crippen LogP contribution in [-0.4, -0.2) is 74.8 Å². The summed E-state index contributed by atoms with van der Waals surface area (Å²) in [6.45, 7) is 5.04. The van der Waals surface area contributed by atoms with E-state index >= 15 is 0 Å². The van der Waals surface area contributed by atoms with Gasteiger partial charge < -0.3 is 20.0 Å². The number of aromatic hydroxyl groups is 1. The molecule has 3 N–H and O–H groups in total. The number of phenolic OH excluding ortho intramolecular Hbond substituents is 1. The van der Waals surface area contributed by atoms with E-state index in [1.54, 1.807) is 18.5 Å². The minimum Gasteiger partial charge on any atom is -0.507 e. The molecule has 8 heteroatoms. The Balaban J connectivity index is 1.29. The Hall–Kier alpha value is -2.97. The van der Waals surface area contributed by atoms with E-state index in [4.69, 9.17) is 5.11 Å². The molecule has 4 heterocycles. The second-order valence-corrected chi connectivity index (χ2v) is 7.90. The molecule has 5 rings (SSSR count). The predicted molar refractivity (Wildman–Crippen MR) is 109 cm³/mol.